The fourth-order valence-corrected chi connectivity index (χ4v) is 2.18. The molecule has 0 aliphatic rings. The van der Waals surface area contributed by atoms with Crippen LogP contribution in [0.3, 0.4) is 0 Å². The molecular weight excluding hydrogens is 234 g/mol. The van der Waals surface area contributed by atoms with Gasteiger partial charge in [0, 0.05) is 22.2 Å². The average molecular weight is 250 g/mol. The first-order valence-electron chi connectivity index (χ1n) is 5.78. The zero-order valence-electron chi connectivity index (χ0n) is 10.0. The van der Waals surface area contributed by atoms with Gasteiger partial charge < -0.3 is 5.32 Å². The Balaban J connectivity index is 2.24. The summed E-state index contributed by atoms with van der Waals surface area (Å²) < 4.78 is 0. The molecule has 0 radical (unpaired) electrons. The molecule has 1 heterocycles. The molecule has 2 atom stereocenters. The summed E-state index contributed by atoms with van der Waals surface area (Å²) in [5.74, 6) is 0.827. The Bertz CT molecular complexity index is 493. The normalized spacial score (nSPS) is 14.5. The van der Waals surface area contributed by atoms with Crippen molar-refractivity contribution < 1.29 is 0 Å². The van der Waals surface area contributed by atoms with E-state index in [1.165, 1.54) is 0 Å². The van der Waals surface area contributed by atoms with Gasteiger partial charge in [0.15, 0.2) is 5.82 Å². The van der Waals surface area contributed by atoms with Crippen LogP contribution in [0.25, 0.3) is 10.8 Å². The smallest absolute Gasteiger partial charge is 0.156 e. The van der Waals surface area contributed by atoms with Crippen LogP contribution in [0.15, 0.2) is 30.5 Å². The maximum absolute atomic E-state index is 5.98. The Hall–Kier alpha value is -1.35. The molecule has 0 aliphatic heterocycles. The van der Waals surface area contributed by atoms with Crippen molar-refractivity contribution in [1.82, 2.24) is 10.2 Å². The van der Waals surface area contributed by atoms with Crippen LogP contribution in [0.5, 0.6) is 0 Å². The summed E-state index contributed by atoms with van der Waals surface area (Å²) in [4.78, 5) is 0. The fraction of sp³-hybridized carbons (Fsp3) is 0.385. The predicted molar refractivity (Wildman–Crippen MR) is 72.6 cm³/mol. The Kier molecular flexibility index (Phi) is 3.79. The zero-order chi connectivity index (χ0) is 12.3. The molecule has 1 aromatic heterocycles. The third kappa shape index (κ3) is 3.07. The lowest BCUT2D eigenvalue weighted by atomic mass is 10.1. The van der Waals surface area contributed by atoms with Crippen LogP contribution in [0, 0.1) is 0 Å². The lowest BCUT2D eigenvalue weighted by molar-refractivity contribution is 0.692. The van der Waals surface area contributed by atoms with E-state index in [1.807, 2.05) is 31.2 Å². The van der Waals surface area contributed by atoms with Gasteiger partial charge in [0.1, 0.15) is 0 Å². The largest absolute Gasteiger partial charge is 0.366 e. The van der Waals surface area contributed by atoms with E-state index in [9.17, 15) is 0 Å². The van der Waals surface area contributed by atoms with E-state index in [1.54, 1.807) is 6.20 Å². The van der Waals surface area contributed by atoms with E-state index in [-0.39, 0.29) is 11.4 Å². The molecule has 17 heavy (non-hydrogen) atoms. The molecular formula is C13H16ClN3. The summed E-state index contributed by atoms with van der Waals surface area (Å²) >= 11 is 5.98. The highest BCUT2D eigenvalue weighted by Crippen LogP contribution is 2.20. The summed E-state index contributed by atoms with van der Waals surface area (Å²) in [5.41, 5.74) is 0. The minimum atomic E-state index is 0.153. The van der Waals surface area contributed by atoms with Crippen molar-refractivity contribution in [2.45, 2.75) is 31.7 Å². The summed E-state index contributed by atoms with van der Waals surface area (Å²) in [6.45, 7) is 4.09. The van der Waals surface area contributed by atoms with Crippen molar-refractivity contribution in [2.24, 2.45) is 0 Å². The second-order valence-corrected chi connectivity index (χ2v) is 5.09. The summed E-state index contributed by atoms with van der Waals surface area (Å²) in [5, 5.41) is 13.8. The van der Waals surface area contributed by atoms with Crippen molar-refractivity contribution in [3.63, 3.8) is 0 Å². The Morgan fingerprint density at radius 2 is 2.06 bits per heavy atom. The van der Waals surface area contributed by atoms with Crippen LogP contribution >= 0.6 is 11.6 Å². The van der Waals surface area contributed by atoms with Crippen LogP contribution in [0.1, 0.15) is 20.3 Å². The molecule has 3 nitrogen and oxygen atoms in total. The molecule has 0 bridgehead atoms. The SMILES string of the molecule is CC(Cl)CC(C)Nc1nncc2ccccc12. The first-order chi connectivity index (χ1) is 8.16. The van der Waals surface area contributed by atoms with Crippen molar-refractivity contribution in [1.29, 1.82) is 0 Å². The highest BCUT2D eigenvalue weighted by Gasteiger charge is 2.09. The van der Waals surface area contributed by atoms with E-state index in [0.29, 0.717) is 0 Å². The van der Waals surface area contributed by atoms with Gasteiger partial charge in [-0.05, 0) is 20.3 Å². The molecule has 2 rings (SSSR count). The third-order valence-electron chi connectivity index (χ3n) is 2.63. The monoisotopic (exact) mass is 249 g/mol. The number of nitrogens with zero attached hydrogens (tertiary/aromatic N) is 2. The Morgan fingerprint density at radius 1 is 1.29 bits per heavy atom. The number of fused-ring (bicyclic) bond motifs is 1. The average Bonchev–Trinajstić information content (AvgIpc) is 2.28. The zero-order valence-corrected chi connectivity index (χ0v) is 10.8. The van der Waals surface area contributed by atoms with E-state index in [2.05, 4.69) is 22.4 Å². The predicted octanol–water partition coefficient (Wildman–Crippen LogP) is 3.45. The molecule has 1 N–H and O–H groups in total. The molecule has 0 amide bonds. The number of nitrogens with one attached hydrogen (secondary N) is 1. The molecule has 1 aromatic carbocycles. The number of rotatable bonds is 4. The lowest BCUT2D eigenvalue weighted by Crippen LogP contribution is -2.19. The molecule has 0 saturated carbocycles. The molecule has 0 aliphatic carbocycles. The van der Waals surface area contributed by atoms with Crippen LogP contribution in [-0.4, -0.2) is 21.6 Å². The van der Waals surface area contributed by atoms with Gasteiger partial charge in [-0.25, -0.2) is 0 Å². The molecule has 0 spiro atoms. The van der Waals surface area contributed by atoms with Crippen molar-refractivity contribution in [3.8, 4) is 0 Å². The Morgan fingerprint density at radius 3 is 2.82 bits per heavy atom. The number of benzene rings is 1. The van der Waals surface area contributed by atoms with Crippen molar-refractivity contribution in [2.75, 3.05) is 5.32 Å². The lowest BCUT2D eigenvalue weighted by Gasteiger charge is -2.16. The van der Waals surface area contributed by atoms with E-state index in [0.717, 1.165) is 23.0 Å². The summed E-state index contributed by atoms with van der Waals surface area (Å²) in [6.07, 6.45) is 2.67. The molecule has 0 fully saturated rings. The van der Waals surface area contributed by atoms with Gasteiger partial charge in [-0.2, -0.15) is 5.10 Å². The molecule has 4 heteroatoms. The third-order valence-corrected chi connectivity index (χ3v) is 2.81. The maximum atomic E-state index is 5.98. The second kappa shape index (κ2) is 5.32. The summed E-state index contributed by atoms with van der Waals surface area (Å²) in [6, 6.07) is 8.36. The van der Waals surface area contributed by atoms with Crippen molar-refractivity contribution >= 4 is 28.2 Å². The van der Waals surface area contributed by atoms with Gasteiger partial charge in [-0.3, -0.25) is 0 Å². The standard InChI is InChI=1S/C13H16ClN3/c1-9(14)7-10(2)16-13-12-6-4-3-5-11(12)8-15-17-13/h3-6,8-10H,7H2,1-2H3,(H,16,17). The molecule has 2 unspecified atom stereocenters. The number of hydrogen-bond acceptors (Lipinski definition) is 3. The van der Waals surface area contributed by atoms with Gasteiger partial charge >= 0.3 is 0 Å². The highest BCUT2D eigenvalue weighted by molar-refractivity contribution is 6.20. The topological polar surface area (TPSA) is 37.8 Å². The minimum Gasteiger partial charge on any atom is -0.366 e. The van der Waals surface area contributed by atoms with Gasteiger partial charge in [-0.15, -0.1) is 16.7 Å². The second-order valence-electron chi connectivity index (χ2n) is 4.34. The summed E-state index contributed by atoms with van der Waals surface area (Å²) in [7, 11) is 0. The van der Waals surface area contributed by atoms with Gasteiger partial charge in [-0.1, -0.05) is 24.3 Å². The molecule has 90 valence electrons. The molecule has 2 aromatic rings. The highest BCUT2D eigenvalue weighted by atomic mass is 35.5. The number of anilines is 1. The van der Waals surface area contributed by atoms with Crippen LogP contribution in [0.4, 0.5) is 5.82 Å². The van der Waals surface area contributed by atoms with Crippen LogP contribution in [0.2, 0.25) is 0 Å². The van der Waals surface area contributed by atoms with E-state index in [4.69, 9.17) is 11.6 Å². The van der Waals surface area contributed by atoms with Gasteiger partial charge in [0.25, 0.3) is 0 Å². The number of aromatic nitrogens is 2. The number of alkyl halides is 1. The van der Waals surface area contributed by atoms with Crippen LogP contribution < -0.4 is 5.32 Å². The Labute approximate surface area is 106 Å². The van der Waals surface area contributed by atoms with E-state index < -0.39 is 0 Å². The first kappa shape index (κ1) is 12.1. The fourth-order valence-electron chi connectivity index (χ4n) is 1.91. The van der Waals surface area contributed by atoms with Crippen molar-refractivity contribution in [3.05, 3.63) is 30.5 Å². The van der Waals surface area contributed by atoms with Crippen LogP contribution in [-0.2, 0) is 0 Å². The first-order valence-corrected chi connectivity index (χ1v) is 6.21. The minimum absolute atomic E-state index is 0.153. The quantitative estimate of drug-likeness (QED) is 0.844. The maximum Gasteiger partial charge on any atom is 0.156 e. The number of hydrogen-bond donors (Lipinski definition) is 1. The van der Waals surface area contributed by atoms with E-state index >= 15 is 0 Å². The molecule has 0 saturated heterocycles. The number of halogens is 1. The van der Waals surface area contributed by atoms with Gasteiger partial charge in [0.05, 0.1) is 6.20 Å². The van der Waals surface area contributed by atoms with Gasteiger partial charge in [0.2, 0.25) is 0 Å².